The Hall–Kier alpha value is -2.81. The van der Waals surface area contributed by atoms with Crippen LogP contribution < -0.4 is 0 Å². The van der Waals surface area contributed by atoms with Crippen molar-refractivity contribution in [3.63, 3.8) is 0 Å². The molecule has 3 heterocycles. The van der Waals surface area contributed by atoms with Crippen LogP contribution in [0.4, 0.5) is 0 Å². The van der Waals surface area contributed by atoms with Crippen molar-refractivity contribution in [3.8, 4) is 0 Å². The zero-order chi connectivity index (χ0) is 17.2. The normalized spacial score (nSPS) is 12.6. The first-order chi connectivity index (χ1) is 12.3. The molecule has 0 amide bonds. The summed E-state index contributed by atoms with van der Waals surface area (Å²) in [6, 6.07) is 16.9. The lowest BCUT2D eigenvalue weighted by Crippen LogP contribution is -2.03. The molecule has 0 aliphatic rings. The summed E-state index contributed by atoms with van der Waals surface area (Å²) in [5, 5.41) is 2.40. The Kier molecular flexibility index (Phi) is 4.14. The largest absolute Gasteiger partial charge is 0.253 e. The van der Waals surface area contributed by atoms with E-state index in [4.69, 9.17) is 4.98 Å². The molecular weight excluding hydrogens is 306 g/mol. The Labute approximate surface area is 147 Å². The smallest absolute Gasteiger partial charge is 0.159 e. The van der Waals surface area contributed by atoms with Gasteiger partial charge in [0.2, 0.25) is 0 Å². The van der Waals surface area contributed by atoms with E-state index in [0.717, 1.165) is 35.1 Å². The highest BCUT2D eigenvalue weighted by Gasteiger charge is 2.13. The van der Waals surface area contributed by atoms with Gasteiger partial charge in [-0.2, -0.15) is 0 Å². The molecule has 0 saturated heterocycles. The van der Waals surface area contributed by atoms with Crippen LogP contribution in [-0.4, -0.2) is 15.0 Å². The van der Waals surface area contributed by atoms with Crippen LogP contribution in [0.3, 0.4) is 0 Å². The summed E-state index contributed by atoms with van der Waals surface area (Å²) in [6.45, 7) is 4.46. The molecule has 3 aromatic heterocycles. The van der Waals surface area contributed by atoms with Crippen LogP contribution in [0.1, 0.15) is 36.6 Å². The third kappa shape index (κ3) is 2.98. The summed E-state index contributed by atoms with van der Waals surface area (Å²) < 4.78 is 0. The molecule has 1 unspecified atom stereocenters. The summed E-state index contributed by atoms with van der Waals surface area (Å²) in [5.74, 6) is 0.355. The van der Waals surface area contributed by atoms with Gasteiger partial charge in [-0.25, -0.2) is 9.97 Å². The second kappa shape index (κ2) is 6.60. The minimum atomic E-state index is 0.355. The van der Waals surface area contributed by atoms with E-state index in [2.05, 4.69) is 66.3 Å². The van der Waals surface area contributed by atoms with Crippen LogP contribution in [-0.2, 0) is 12.8 Å². The predicted octanol–water partition coefficient (Wildman–Crippen LogP) is 5.09. The quantitative estimate of drug-likeness (QED) is 0.524. The van der Waals surface area contributed by atoms with E-state index in [0.29, 0.717) is 5.92 Å². The Morgan fingerprint density at radius 1 is 0.920 bits per heavy atom. The number of rotatable bonds is 4. The average Bonchev–Trinajstić information content (AvgIpc) is 2.66. The maximum Gasteiger partial charge on any atom is 0.159 e. The molecular formula is C22H21N3. The zero-order valence-corrected chi connectivity index (χ0v) is 14.6. The van der Waals surface area contributed by atoms with Crippen LogP contribution in [0.5, 0.6) is 0 Å². The molecule has 3 nitrogen and oxygen atoms in total. The lowest BCUT2D eigenvalue weighted by Gasteiger charge is -2.15. The van der Waals surface area contributed by atoms with Crippen molar-refractivity contribution in [1.29, 1.82) is 0 Å². The van der Waals surface area contributed by atoms with Crippen LogP contribution in [0.25, 0.3) is 21.9 Å². The fourth-order valence-electron chi connectivity index (χ4n) is 3.56. The average molecular weight is 327 g/mol. The van der Waals surface area contributed by atoms with Gasteiger partial charge in [0.15, 0.2) is 5.65 Å². The first-order valence-electron chi connectivity index (χ1n) is 8.83. The first-order valence-corrected chi connectivity index (χ1v) is 8.83. The summed E-state index contributed by atoms with van der Waals surface area (Å²) in [7, 11) is 0. The minimum Gasteiger partial charge on any atom is -0.253 e. The molecule has 0 aliphatic carbocycles. The van der Waals surface area contributed by atoms with Gasteiger partial charge in [-0.05, 0) is 60.2 Å². The maximum absolute atomic E-state index is 4.90. The Morgan fingerprint density at radius 2 is 1.72 bits per heavy atom. The molecule has 4 aromatic rings. The van der Waals surface area contributed by atoms with Crippen molar-refractivity contribution in [3.05, 3.63) is 77.7 Å². The molecule has 0 aliphatic heterocycles. The second-order valence-electron chi connectivity index (χ2n) is 6.52. The maximum atomic E-state index is 4.90. The number of fused-ring (bicyclic) bond motifs is 2. The molecule has 0 fully saturated rings. The fraction of sp³-hybridized carbons (Fsp3) is 0.227. The predicted molar refractivity (Wildman–Crippen MR) is 103 cm³/mol. The van der Waals surface area contributed by atoms with Gasteiger partial charge in [0.1, 0.15) is 0 Å². The van der Waals surface area contributed by atoms with Crippen LogP contribution >= 0.6 is 0 Å². The molecule has 3 heteroatoms. The molecule has 0 spiro atoms. The van der Waals surface area contributed by atoms with Crippen molar-refractivity contribution in [2.45, 2.75) is 32.6 Å². The van der Waals surface area contributed by atoms with Crippen LogP contribution in [0.15, 0.2) is 60.9 Å². The van der Waals surface area contributed by atoms with Crippen molar-refractivity contribution in [1.82, 2.24) is 15.0 Å². The lowest BCUT2D eigenvalue weighted by molar-refractivity contribution is 0.747. The van der Waals surface area contributed by atoms with Gasteiger partial charge < -0.3 is 0 Å². The molecule has 0 saturated carbocycles. The van der Waals surface area contributed by atoms with Crippen molar-refractivity contribution >= 4 is 21.9 Å². The molecule has 25 heavy (non-hydrogen) atoms. The highest BCUT2D eigenvalue weighted by atomic mass is 14.8. The van der Waals surface area contributed by atoms with Gasteiger partial charge in [0.25, 0.3) is 0 Å². The standard InChI is InChI=1S/C22H21N3/c1-3-16-14-17(25-21-9-5-4-7-19(16)21)13-15(2)18-10-12-24-22-20(18)8-6-11-23-22/h4-12,14-15H,3,13H2,1-2H3. The number of hydrogen-bond donors (Lipinski definition) is 0. The number of hydrogen-bond acceptors (Lipinski definition) is 3. The van der Waals surface area contributed by atoms with Crippen molar-refractivity contribution < 1.29 is 0 Å². The molecule has 0 N–H and O–H groups in total. The van der Waals surface area contributed by atoms with Gasteiger partial charge in [-0.3, -0.25) is 4.98 Å². The van der Waals surface area contributed by atoms with Gasteiger partial charge in [0, 0.05) is 28.9 Å². The monoisotopic (exact) mass is 327 g/mol. The summed E-state index contributed by atoms with van der Waals surface area (Å²) >= 11 is 0. The Morgan fingerprint density at radius 3 is 2.60 bits per heavy atom. The van der Waals surface area contributed by atoms with Crippen LogP contribution in [0, 0.1) is 0 Å². The number of para-hydroxylation sites is 1. The third-order valence-electron chi connectivity index (χ3n) is 4.83. The van der Waals surface area contributed by atoms with E-state index in [1.54, 1.807) is 6.20 Å². The second-order valence-corrected chi connectivity index (χ2v) is 6.52. The third-order valence-corrected chi connectivity index (χ3v) is 4.83. The van der Waals surface area contributed by atoms with E-state index >= 15 is 0 Å². The Balaban J connectivity index is 1.73. The van der Waals surface area contributed by atoms with Gasteiger partial charge in [-0.15, -0.1) is 0 Å². The summed E-state index contributed by atoms with van der Waals surface area (Å²) in [4.78, 5) is 13.6. The van der Waals surface area contributed by atoms with E-state index in [1.165, 1.54) is 16.5 Å². The van der Waals surface area contributed by atoms with E-state index < -0.39 is 0 Å². The van der Waals surface area contributed by atoms with Crippen LogP contribution in [0.2, 0.25) is 0 Å². The SMILES string of the molecule is CCc1cc(CC(C)c2ccnc3ncccc23)nc2ccccc12. The molecule has 0 radical (unpaired) electrons. The van der Waals surface area contributed by atoms with Gasteiger partial charge >= 0.3 is 0 Å². The lowest BCUT2D eigenvalue weighted by atomic mass is 9.93. The molecule has 1 aromatic carbocycles. The van der Waals surface area contributed by atoms with Crippen molar-refractivity contribution in [2.24, 2.45) is 0 Å². The van der Waals surface area contributed by atoms with E-state index in [-0.39, 0.29) is 0 Å². The zero-order valence-electron chi connectivity index (χ0n) is 14.6. The van der Waals surface area contributed by atoms with E-state index in [1.807, 2.05) is 12.3 Å². The van der Waals surface area contributed by atoms with E-state index in [9.17, 15) is 0 Å². The summed E-state index contributed by atoms with van der Waals surface area (Å²) in [5.41, 5.74) is 5.70. The molecule has 4 rings (SSSR count). The molecule has 0 bridgehead atoms. The van der Waals surface area contributed by atoms with Crippen molar-refractivity contribution in [2.75, 3.05) is 0 Å². The number of aromatic nitrogens is 3. The molecule has 124 valence electrons. The van der Waals surface area contributed by atoms with Gasteiger partial charge in [-0.1, -0.05) is 32.0 Å². The number of nitrogens with zero attached hydrogens (tertiary/aromatic N) is 3. The number of aryl methyl sites for hydroxylation is 1. The first kappa shape index (κ1) is 15.7. The number of benzene rings is 1. The summed E-state index contributed by atoms with van der Waals surface area (Å²) in [6.07, 6.45) is 5.58. The number of pyridine rings is 3. The topological polar surface area (TPSA) is 38.7 Å². The van der Waals surface area contributed by atoms with Gasteiger partial charge in [0.05, 0.1) is 5.52 Å². The Bertz CT molecular complexity index is 1030. The minimum absolute atomic E-state index is 0.355. The highest BCUT2D eigenvalue weighted by Crippen LogP contribution is 2.27. The fourth-order valence-corrected chi connectivity index (χ4v) is 3.56. The molecule has 1 atom stereocenters. The highest BCUT2D eigenvalue weighted by molar-refractivity contribution is 5.82.